The largest absolute Gasteiger partial charge is 0.480 e. The van der Waals surface area contributed by atoms with Crippen molar-refractivity contribution in [3.63, 3.8) is 0 Å². The molecule has 0 spiro atoms. The molecule has 0 aliphatic heterocycles. The van der Waals surface area contributed by atoms with Gasteiger partial charge in [-0.05, 0) is 62.6 Å². The van der Waals surface area contributed by atoms with Crippen molar-refractivity contribution in [3.05, 3.63) is 59.2 Å². The highest BCUT2D eigenvalue weighted by atomic mass is 16.5. The van der Waals surface area contributed by atoms with Crippen LogP contribution in [0.2, 0.25) is 0 Å². The Bertz CT molecular complexity index is 799. The molecule has 5 nitrogen and oxygen atoms in total. The number of nitrogens with one attached hydrogen (secondary N) is 1. The number of esters is 1. The summed E-state index contributed by atoms with van der Waals surface area (Å²) in [5.41, 5.74) is 3.22. The Kier molecular flexibility index (Phi) is 8.05. The fourth-order valence-corrected chi connectivity index (χ4v) is 2.71. The molecule has 2 aromatic carbocycles. The van der Waals surface area contributed by atoms with Crippen LogP contribution in [0.15, 0.2) is 42.5 Å². The first-order valence-corrected chi connectivity index (χ1v) is 9.76. The molecule has 1 amide bonds. The van der Waals surface area contributed by atoms with E-state index in [-0.39, 0.29) is 11.9 Å². The normalized spacial score (nSPS) is 11.6. The minimum absolute atomic E-state index is 0.222. The number of carbonyl (C=O) groups is 2. The first kappa shape index (κ1) is 21.5. The van der Waals surface area contributed by atoms with Gasteiger partial charge in [0.15, 0.2) is 6.10 Å². The highest BCUT2D eigenvalue weighted by molar-refractivity contribution is 5.95. The smallest absolute Gasteiger partial charge is 0.338 e. The van der Waals surface area contributed by atoms with Crippen LogP contribution in [0.3, 0.4) is 0 Å². The third kappa shape index (κ3) is 6.12. The molecule has 150 valence electrons. The first-order valence-electron chi connectivity index (χ1n) is 9.76. The van der Waals surface area contributed by atoms with E-state index in [0.717, 1.165) is 24.0 Å². The molecule has 0 saturated carbocycles. The van der Waals surface area contributed by atoms with Gasteiger partial charge in [0.1, 0.15) is 5.75 Å². The Morgan fingerprint density at radius 2 is 1.75 bits per heavy atom. The number of amides is 1. The van der Waals surface area contributed by atoms with Crippen molar-refractivity contribution < 1.29 is 19.1 Å². The van der Waals surface area contributed by atoms with E-state index in [2.05, 4.69) is 5.32 Å². The molecule has 0 heterocycles. The van der Waals surface area contributed by atoms with E-state index in [9.17, 15) is 9.59 Å². The predicted octanol–water partition coefficient (Wildman–Crippen LogP) is 5.06. The molecule has 0 bridgehead atoms. The van der Waals surface area contributed by atoms with Gasteiger partial charge in [-0.3, -0.25) is 4.79 Å². The summed E-state index contributed by atoms with van der Waals surface area (Å²) >= 11 is 0. The van der Waals surface area contributed by atoms with Crippen LogP contribution in [0.25, 0.3) is 0 Å². The Morgan fingerprint density at radius 1 is 1.04 bits per heavy atom. The number of hydrogen-bond acceptors (Lipinski definition) is 4. The minimum atomic E-state index is -0.597. The maximum absolute atomic E-state index is 12.6. The lowest BCUT2D eigenvalue weighted by Gasteiger charge is -2.19. The number of benzene rings is 2. The summed E-state index contributed by atoms with van der Waals surface area (Å²) in [5, 5.41) is 2.85. The fraction of sp³-hybridized carbons (Fsp3) is 0.391. The van der Waals surface area contributed by atoms with E-state index in [1.54, 1.807) is 24.3 Å². The monoisotopic (exact) mass is 383 g/mol. The molecule has 2 rings (SSSR count). The third-order valence-corrected chi connectivity index (χ3v) is 4.38. The van der Waals surface area contributed by atoms with Crippen molar-refractivity contribution in [1.29, 1.82) is 0 Å². The molecule has 1 N–H and O–H groups in total. The lowest BCUT2D eigenvalue weighted by molar-refractivity contribution is -0.122. The van der Waals surface area contributed by atoms with Crippen LogP contribution in [-0.4, -0.2) is 24.6 Å². The summed E-state index contributed by atoms with van der Waals surface area (Å²) in [7, 11) is 0. The molecular formula is C23H29NO4. The van der Waals surface area contributed by atoms with Gasteiger partial charge in [-0.15, -0.1) is 0 Å². The van der Waals surface area contributed by atoms with Crippen LogP contribution in [0.1, 0.15) is 54.6 Å². The van der Waals surface area contributed by atoms with E-state index in [0.29, 0.717) is 30.0 Å². The Hall–Kier alpha value is -2.82. The van der Waals surface area contributed by atoms with E-state index in [4.69, 9.17) is 9.47 Å². The second-order valence-corrected chi connectivity index (χ2v) is 6.84. The van der Waals surface area contributed by atoms with Crippen LogP contribution in [-0.2, 0) is 9.53 Å². The Balaban J connectivity index is 1.97. The standard InChI is InChI=1S/C23H29NO4/c1-5-7-14-27-23(26)18-9-11-19(12-10-18)24-22(25)20(6-2)28-21-13-8-16(3)15-17(21)4/h8-13,15,20H,5-7,14H2,1-4H3,(H,24,25)/t20-/m0/s1. The average molecular weight is 383 g/mol. The van der Waals surface area contributed by atoms with Crippen molar-refractivity contribution in [3.8, 4) is 5.75 Å². The molecule has 1 atom stereocenters. The zero-order valence-corrected chi connectivity index (χ0v) is 17.1. The van der Waals surface area contributed by atoms with Crippen molar-refractivity contribution in [2.24, 2.45) is 0 Å². The topological polar surface area (TPSA) is 64.6 Å². The van der Waals surface area contributed by atoms with Gasteiger partial charge < -0.3 is 14.8 Å². The molecule has 28 heavy (non-hydrogen) atoms. The quantitative estimate of drug-likeness (QED) is 0.486. The Labute approximate surface area is 167 Å². The average Bonchev–Trinajstić information content (AvgIpc) is 2.68. The maximum atomic E-state index is 12.6. The lowest BCUT2D eigenvalue weighted by Crippen LogP contribution is -2.32. The number of unbranched alkanes of at least 4 members (excludes halogenated alkanes) is 1. The summed E-state index contributed by atoms with van der Waals surface area (Å²) in [4.78, 5) is 24.5. The molecule has 2 aromatic rings. The van der Waals surface area contributed by atoms with Crippen LogP contribution >= 0.6 is 0 Å². The molecule has 0 unspecified atom stereocenters. The van der Waals surface area contributed by atoms with Gasteiger partial charge in [-0.25, -0.2) is 4.79 Å². The highest BCUT2D eigenvalue weighted by Crippen LogP contribution is 2.21. The van der Waals surface area contributed by atoms with Crippen LogP contribution in [0.4, 0.5) is 5.69 Å². The minimum Gasteiger partial charge on any atom is -0.480 e. The van der Waals surface area contributed by atoms with Gasteiger partial charge >= 0.3 is 5.97 Å². The van der Waals surface area contributed by atoms with Crippen LogP contribution in [0.5, 0.6) is 5.75 Å². The predicted molar refractivity (Wildman–Crippen MR) is 111 cm³/mol. The van der Waals surface area contributed by atoms with Crippen LogP contribution < -0.4 is 10.1 Å². The molecule has 0 aromatic heterocycles. The molecule has 0 aliphatic carbocycles. The number of rotatable bonds is 9. The third-order valence-electron chi connectivity index (χ3n) is 4.38. The molecule has 0 saturated heterocycles. The number of ether oxygens (including phenoxy) is 2. The van der Waals surface area contributed by atoms with E-state index < -0.39 is 6.10 Å². The van der Waals surface area contributed by atoms with Gasteiger partial charge in [0.05, 0.1) is 12.2 Å². The molecule has 0 radical (unpaired) electrons. The van der Waals surface area contributed by atoms with Gasteiger partial charge in [0.25, 0.3) is 5.91 Å². The number of anilines is 1. The number of hydrogen-bond donors (Lipinski definition) is 1. The zero-order chi connectivity index (χ0) is 20.5. The second-order valence-electron chi connectivity index (χ2n) is 6.84. The van der Waals surface area contributed by atoms with Gasteiger partial charge in [0.2, 0.25) is 0 Å². The first-order chi connectivity index (χ1) is 13.4. The lowest BCUT2D eigenvalue weighted by atomic mass is 10.1. The summed E-state index contributed by atoms with van der Waals surface area (Å²) in [6, 6.07) is 12.6. The summed E-state index contributed by atoms with van der Waals surface area (Å²) < 4.78 is 11.1. The van der Waals surface area contributed by atoms with Crippen LogP contribution in [0, 0.1) is 13.8 Å². The van der Waals surface area contributed by atoms with Gasteiger partial charge in [-0.1, -0.05) is 38.0 Å². The number of carbonyl (C=O) groups excluding carboxylic acids is 2. The maximum Gasteiger partial charge on any atom is 0.338 e. The SMILES string of the molecule is CCCCOC(=O)c1ccc(NC(=O)[C@H](CC)Oc2ccc(C)cc2C)cc1. The van der Waals surface area contributed by atoms with Gasteiger partial charge in [0, 0.05) is 5.69 Å². The molecule has 0 fully saturated rings. The van der Waals surface area contributed by atoms with Crippen molar-refractivity contribution in [2.45, 2.75) is 53.1 Å². The van der Waals surface area contributed by atoms with E-state index in [1.165, 1.54) is 0 Å². The fourth-order valence-electron chi connectivity index (χ4n) is 2.71. The van der Waals surface area contributed by atoms with Crippen molar-refractivity contribution >= 4 is 17.6 Å². The number of aryl methyl sites for hydroxylation is 2. The zero-order valence-electron chi connectivity index (χ0n) is 17.1. The second kappa shape index (κ2) is 10.5. The van der Waals surface area contributed by atoms with Crippen molar-refractivity contribution in [1.82, 2.24) is 0 Å². The van der Waals surface area contributed by atoms with Gasteiger partial charge in [-0.2, -0.15) is 0 Å². The van der Waals surface area contributed by atoms with E-state index in [1.807, 2.05) is 45.9 Å². The molecular weight excluding hydrogens is 354 g/mol. The Morgan fingerprint density at radius 3 is 2.36 bits per heavy atom. The van der Waals surface area contributed by atoms with Crippen molar-refractivity contribution in [2.75, 3.05) is 11.9 Å². The summed E-state index contributed by atoms with van der Waals surface area (Å²) in [6.07, 6.45) is 1.76. The summed E-state index contributed by atoms with van der Waals surface area (Å²) in [5.74, 6) is 0.134. The highest BCUT2D eigenvalue weighted by Gasteiger charge is 2.19. The molecule has 5 heteroatoms. The summed E-state index contributed by atoms with van der Waals surface area (Å²) in [6.45, 7) is 8.35. The molecule has 0 aliphatic rings. The van der Waals surface area contributed by atoms with E-state index >= 15 is 0 Å².